The number of carbonyl (C=O) groups excluding carboxylic acids is 1. The van der Waals surface area contributed by atoms with Crippen molar-refractivity contribution in [1.82, 2.24) is 14.9 Å². The van der Waals surface area contributed by atoms with E-state index in [1.165, 1.54) is 22.9 Å². The maximum absolute atomic E-state index is 13.1. The highest BCUT2D eigenvalue weighted by molar-refractivity contribution is 7.99. The second-order valence-corrected chi connectivity index (χ2v) is 5.86. The summed E-state index contributed by atoms with van der Waals surface area (Å²) in [6, 6.07) is 7.42. The summed E-state index contributed by atoms with van der Waals surface area (Å²) in [5, 5.41) is 11.0. The van der Waals surface area contributed by atoms with Crippen LogP contribution >= 0.6 is 11.8 Å². The first-order valence-corrected chi connectivity index (χ1v) is 7.96. The number of benzene rings is 1. The van der Waals surface area contributed by atoms with Crippen LogP contribution in [0.15, 0.2) is 46.2 Å². The molecule has 24 heavy (non-hydrogen) atoms. The van der Waals surface area contributed by atoms with Gasteiger partial charge < -0.3 is 15.6 Å². The molecule has 0 aliphatic heterocycles. The molecule has 0 spiro atoms. The quantitative estimate of drug-likeness (QED) is 0.543. The summed E-state index contributed by atoms with van der Waals surface area (Å²) >= 11 is 1.13. The van der Waals surface area contributed by atoms with Crippen molar-refractivity contribution in [2.75, 3.05) is 16.9 Å². The van der Waals surface area contributed by atoms with E-state index in [0.29, 0.717) is 22.4 Å². The molecule has 9 heteroatoms. The number of aryl methyl sites for hydroxylation is 1. The average Bonchev–Trinajstić information content (AvgIpc) is 3.11. The Morgan fingerprint density at radius 2 is 2.25 bits per heavy atom. The zero-order valence-electron chi connectivity index (χ0n) is 12.7. The fraction of sp³-hybridized carbons (Fsp3) is 0.133. The van der Waals surface area contributed by atoms with Gasteiger partial charge in [0.1, 0.15) is 11.6 Å². The molecular formula is C15H14FN5O2S. The lowest BCUT2D eigenvalue weighted by molar-refractivity contribution is -0.113. The molecular weight excluding hydrogens is 333 g/mol. The minimum atomic E-state index is -0.415. The number of amides is 1. The molecule has 7 nitrogen and oxygen atoms in total. The standard InChI is InChI=1S/C15H14FN5O2S/c1-9-12(5-6-23-9)14-19-20-15(21(14)17)24-8-13(22)18-11-4-2-3-10(16)7-11/h2-7H,8,17H2,1H3,(H,18,22). The molecule has 0 fully saturated rings. The smallest absolute Gasteiger partial charge is 0.234 e. The summed E-state index contributed by atoms with van der Waals surface area (Å²) in [5.74, 6) is 6.45. The molecule has 0 saturated carbocycles. The molecule has 3 rings (SSSR count). The van der Waals surface area contributed by atoms with Crippen molar-refractivity contribution >= 4 is 23.4 Å². The SMILES string of the molecule is Cc1occc1-c1nnc(SCC(=O)Nc2cccc(F)c2)n1N. The number of thioether (sulfide) groups is 1. The lowest BCUT2D eigenvalue weighted by Crippen LogP contribution is -2.16. The van der Waals surface area contributed by atoms with Crippen molar-refractivity contribution in [3.63, 3.8) is 0 Å². The van der Waals surface area contributed by atoms with E-state index in [2.05, 4.69) is 15.5 Å². The van der Waals surface area contributed by atoms with E-state index in [9.17, 15) is 9.18 Å². The third kappa shape index (κ3) is 3.40. The average molecular weight is 347 g/mol. The molecule has 0 radical (unpaired) electrons. The van der Waals surface area contributed by atoms with Crippen molar-refractivity contribution < 1.29 is 13.6 Å². The van der Waals surface area contributed by atoms with E-state index in [-0.39, 0.29) is 11.7 Å². The summed E-state index contributed by atoms with van der Waals surface area (Å²) in [7, 11) is 0. The molecule has 2 heterocycles. The van der Waals surface area contributed by atoms with Gasteiger partial charge in [-0.25, -0.2) is 9.07 Å². The number of rotatable bonds is 5. The Labute approximate surface area is 141 Å². The van der Waals surface area contributed by atoms with Crippen molar-refractivity contribution in [3.8, 4) is 11.4 Å². The number of nitrogen functional groups attached to an aromatic ring is 1. The van der Waals surface area contributed by atoms with E-state index in [4.69, 9.17) is 10.3 Å². The Morgan fingerprint density at radius 3 is 2.96 bits per heavy atom. The van der Waals surface area contributed by atoms with Crippen LogP contribution in [-0.4, -0.2) is 26.5 Å². The van der Waals surface area contributed by atoms with Gasteiger partial charge in [0.25, 0.3) is 0 Å². The molecule has 0 saturated heterocycles. The number of nitrogens with two attached hydrogens (primary N) is 1. The Morgan fingerprint density at radius 1 is 1.42 bits per heavy atom. The molecule has 0 bridgehead atoms. The van der Waals surface area contributed by atoms with E-state index in [0.717, 1.165) is 17.3 Å². The second kappa shape index (κ2) is 6.75. The van der Waals surface area contributed by atoms with Gasteiger partial charge in [-0.2, -0.15) is 0 Å². The van der Waals surface area contributed by atoms with Crippen LogP contribution in [0.25, 0.3) is 11.4 Å². The highest BCUT2D eigenvalue weighted by atomic mass is 32.2. The van der Waals surface area contributed by atoms with Gasteiger partial charge in [0.15, 0.2) is 5.82 Å². The maximum Gasteiger partial charge on any atom is 0.234 e. The zero-order valence-corrected chi connectivity index (χ0v) is 13.5. The van der Waals surface area contributed by atoms with Gasteiger partial charge in [-0.05, 0) is 31.2 Å². The van der Waals surface area contributed by atoms with Crippen LogP contribution in [0.5, 0.6) is 0 Å². The van der Waals surface area contributed by atoms with Gasteiger partial charge >= 0.3 is 0 Å². The van der Waals surface area contributed by atoms with Crippen LogP contribution in [0, 0.1) is 12.7 Å². The second-order valence-electron chi connectivity index (χ2n) is 4.91. The Kier molecular flexibility index (Phi) is 4.52. The Bertz CT molecular complexity index is 876. The third-order valence-electron chi connectivity index (χ3n) is 3.20. The van der Waals surface area contributed by atoms with Crippen molar-refractivity contribution in [2.45, 2.75) is 12.1 Å². The summed E-state index contributed by atoms with van der Waals surface area (Å²) in [4.78, 5) is 11.9. The van der Waals surface area contributed by atoms with Crippen LogP contribution in [0.2, 0.25) is 0 Å². The summed E-state index contributed by atoms with van der Waals surface area (Å²) in [5.41, 5.74) is 1.13. The number of hydrogen-bond acceptors (Lipinski definition) is 6. The van der Waals surface area contributed by atoms with Crippen LogP contribution in [-0.2, 0) is 4.79 Å². The maximum atomic E-state index is 13.1. The van der Waals surface area contributed by atoms with E-state index >= 15 is 0 Å². The molecule has 2 aromatic heterocycles. The topological polar surface area (TPSA) is 99.0 Å². The number of halogens is 1. The minimum absolute atomic E-state index is 0.0657. The van der Waals surface area contributed by atoms with Gasteiger partial charge in [0, 0.05) is 5.69 Å². The minimum Gasteiger partial charge on any atom is -0.469 e. The molecule has 1 amide bonds. The Hall–Kier alpha value is -2.81. The number of aromatic nitrogens is 3. The molecule has 0 unspecified atom stereocenters. The number of hydrogen-bond donors (Lipinski definition) is 2. The predicted molar refractivity (Wildman–Crippen MR) is 88.4 cm³/mol. The summed E-state index contributed by atoms with van der Waals surface area (Å²) < 4.78 is 19.6. The van der Waals surface area contributed by atoms with E-state index < -0.39 is 5.82 Å². The largest absolute Gasteiger partial charge is 0.469 e. The molecule has 0 aliphatic carbocycles. The van der Waals surface area contributed by atoms with E-state index in [1.54, 1.807) is 25.3 Å². The number of anilines is 1. The fourth-order valence-electron chi connectivity index (χ4n) is 2.07. The summed E-state index contributed by atoms with van der Waals surface area (Å²) in [6.45, 7) is 1.79. The van der Waals surface area contributed by atoms with Gasteiger partial charge in [-0.15, -0.1) is 10.2 Å². The van der Waals surface area contributed by atoms with Crippen molar-refractivity contribution in [1.29, 1.82) is 0 Å². The first-order valence-electron chi connectivity index (χ1n) is 6.98. The lowest BCUT2D eigenvalue weighted by atomic mass is 10.2. The zero-order chi connectivity index (χ0) is 17.1. The number of nitrogens with zero attached hydrogens (tertiary/aromatic N) is 3. The van der Waals surface area contributed by atoms with Crippen molar-refractivity contribution in [2.24, 2.45) is 0 Å². The van der Waals surface area contributed by atoms with Gasteiger partial charge in [0.2, 0.25) is 11.1 Å². The Balaban J connectivity index is 1.64. The van der Waals surface area contributed by atoms with Crippen LogP contribution in [0.4, 0.5) is 10.1 Å². The molecule has 1 aromatic carbocycles. The number of nitrogens with one attached hydrogen (secondary N) is 1. The monoisotopic (exact) mass is 347 g/mol. The molecule has 3 aromatic rings. The number of carbonyl (C=O) groups is 1. The first-order chi connectivity index (χ1) is 11.5. The number of furan rings is 1. The fourth-order valence-corrected chi connectivity index (χ4v) is 2.73. The van der Waals surface area contributed by atoms with Crippen molar-refractivity contribution in [3.05, 3.63) is 48.2 Å². The lowest BCUT2D eigenvalue weighted by Gasteiger charge is -2.05. The van der Waals surface area contributed by atoms with Crippen LogP contribution in [0.3, 0.4) is 0 Å². The molecule has 124 valence electrons. The first kappa shape index (κ1) is 16.1. The molecule has 3 N–H and O–H groups in total. The van der Waals surface area contributed by atoms with Crippen LogP contribution in [0.1, 0.15) is 5.76 Å². The molecule has 0 atom stereocenters. The van der Waals surface area contributed by atoms with Gasteiger partial charge in [-0.3, -0.25) is 4.79 Å². The van der Waals surface area contributed by atoms with Gasteiger partial charge in [0.05, 0.1) is 17.6 Å². The van der Waals surface area contributed by atoms with E-state index in [1.807, 2.05) is 0 Å². The normalized spacial score (nSPS) is 10.8. The highest BCUT2D eigenvalue weighted by Gasteiger charge is 2.16. The third-order valence-corrected chi connectivity index (χ3v) is 4.15. The summed E-state index contributed by atoms with van der Waals surface area (Å²) in [6.07, 6.45) is 1.54. The van der Waals surface area contributed by atoms with Crippen LogP contribution < -0.4 is 11.2 Å². The predicted octanol–water partition coefficient (Wildman–Crippen LogP) is 2.43. The molecule has 0 aliphatic rings. The highest BCUT2D eigenvalue weighted by Crippen LogP contribution is 2.25. The van der Waals surface area contributed by atoms with Gasteiger partial charge in [-0.1, -0.05) is 17.8 Å².